The van der Waals surface area contributed by atoms with Gasteiger partial charge in [-0.1, -0.05) is 20.4 Å². The first-order valence-corrected chi connectivity index (χ1v) is 5.58. The Hall–Kier alpha value is -1.52. The van der Waals surface area contributed by atoms with Crippen molar-refractivity contribution in [2.75, 3.05) is 13.2 Å². The monoisotopic (exact) mass is 243 g/mol. The third-order valence-corrected chi connectivity index (χ3v) is 2.15. The second-order valence-electron chi connectivity index (χ2n) is 4.65. The number of carbonyl (C=O) groups is 2. The van der Waals surface area contributed by atoms with E-state index in [4.69, 9.17) is 9.84 Å². The zero-order chi connectivity index (χ0) is 13.3. The van der Waals surface area contributed by atoms with Crippen molar-refractivity contribution >= 4 is 11.9 Å². The fourth-order valence-corrected chi connectivity index (χ4v) is 1.44. The SMILES string of the molecule is C=COCCCNC(=O)CC(C)(C)CC(=O)O. The Labute approximate surface area is 102 Å². The Kier molecular flexibility index (Phi) is 7.02. The van der Waals surface area contributed by atoms with Crippen molar-refractivity contribution < 1.29 is 19.4 Å². The molecule has 0 aliphatic heterocycles. The summed E-state index contributed by atoms with van der Waals surface area (Å²) in [5, 5.41) is 11.4. The fraction of sp³-hybridized carbons (Fsp3) is 0.667. The Morgan fingerprint density at radius 1 is 1.41 bits per heavy atom. The topological polar surface area (TPSA) is 75.6 Å². The largest absolute Gasteiger partial charge is 0.502 e. The first kappa shape index (κ1) is 15.5. The number of nitrogens with one attached hydrogen (secondary N) is 1. The Balaban J connectivity index is 3.77. The smallest absolute Gasteiger partial charge is 0.303 e. The molecule has 0 bridgehead atoms. The molecule has 2 N–H and O–H groups in total. The average molecular weight is 243 g/mol. The van der Waals surface area contributed by atoms with Gasteiger partial charge in [-0.25, -0.2) is 0 Å². The van der Waals surface area contributed by atoms with Gasteiger partial charge in [0.05, 0.1) is 19.3 Å². The highest BCUT2D eigenvalue weighted by atomic mass is 16.5. The first-order chi connectivity index (χ1) is 7.87. The van der Waals surface area contributed by atoms with Gasteiger partial charge < -0.3 is 15.2 Å². The van der Waals surface area contributed by atoms with Crippen molar-refractivity contribution in [2.45, 2.75) is 33.1 Å². The van der Waals surface area contributed by atoms with E-state index in [1.165, 1.54) is 6.26 Å². The highest BCUT2D eigenvalue weighted by Crippen LogP contribution is 2.24. The molecule has 98 valence electrons. The van der Waals surface area contributed by atoms with E-state index in [1.807, 2.05) is 0 Å². The zero-order valence-electron chi connectivity index (χ0n) is 10.5. The van der Waals surface area contributed by atoms with E-state index in [1.54, 1.807) is 13.8 Å². The molecule has 0 unspecified atom stereocenters. The molecule has 5 heteroatoms. The summed E-state index contributed by atoms with van der Waals surface area (Å²) in [7, 11) is 0. The van der Waals surface area contributed by atoms with Gasteiger partial charge in [0, 0.05) is 13.0 Å². The maximum atomic E-state index is 11.5. The van der Waals surface area contributed by atoms with Crippen LogP contribution in [0, 0.1) is 5.41 Å². The zero-order valence-corrected chi connectivity index (χ0v) is 10.5. The van der Waals surface area contributed by atoms with E-state index in [2.05, 4.69) is 11.9 Å². The quantitative estimate of drug-likeness (QED) is 0.476. The van der Waals surface area contributed by atoms with Crippen molar-refractivity contribution in [1.29, 1.82) is 0 Å². The molecule has 0 heterocycles. The van der Waals surface area contributed by atoms with Crippen LogP contribution in [0.4, 0.5) is 0 Å². The van der Waals surface area contributed by atoms with E-state index in [9.17, 15) is 9.59 Å². The van der Waals surface area contributed by atoms with Crippen LogP contribution >= 0.6 is 0 Å². The van der Waals surface area contributed by atoms with Crippen molar-refractivity contribution in [3.8, 4) is 0 Å². The van der Waals surface area contributed by atoms with Crippen molar-refractivity contribution in [3.63, 3.8) is 0 Å². The van der Waals surface area contributed by atoms with Crippen molar-refractivity contribution in [3.05, 3.63) is 12.8 Å². The molecule has 0 rings (SSSR count). The predicted molar refractivity (Wildman–Crippen MR) is 64.4 cm³/mol. The van der Waals surface area contributed by atoms with Crippen LogP contribution in [0.15, 0.2) is 12.8 Å². The molecule has 0 radical (unpaired) electrons. The molecular formula is C12H21NO4. The van der Waals surface area contributed by atoms with Crippen molar-refractivity contribution in [2.24, 2.45) is 5.41 Å². The molecule has 0 saturated carbocycles. The summed E-state index contributed by atoms with van der Waals surface area (Å²) in [4.78, 5) is 22.1. The van der Waals surface area contributed by atoms with Crippen molar-refractivity contribution in [1.82, 2.24) is 5.32 Å². The van der Waals surface area contributed by atoms with Gasteiger partial charge in [-0.2, -0.15) is 0 Å². The van der Waals surface area contributed by atoms with Crippen LogP contribution in [0.5, 0.6) is 0 Å². The Morgan fingerprint density at radius 2 is 2.06 bits per heavy atom. The average Bonchev–Trinajstić information content (AvgIpc) is 2.14. The lowest BCUT2D eigenvalue weighted by Gasteiger charge is -2.21. The van der Waals surface area contributed by atoms with Crippen LogP contribution in [-0.4, -0.2) is 30.1 Å². The van der Waals surface area contributed by atoms with Crippen LogP contribution in [0.25, 0.3) is 0 Å². The third-order valence-electron chi connectivity index (χ3n) is 2.15. The Bertz CT molecular complexity index is 274. The summed E-state index contributed by atoms with van der Waals surface area (Å²) in [6, 6.07) is 0. The van der Waals surface area contributed by atoms with Crippen LogP contribution in [0.3, 0.4) is 0 Å². The van der Waals surface area contributed by atoms with Gasteiger partial charge in [0.25, 0.3) is 0 Å². The number of hydrogen-bond donors (Lipinski definition) is 2. The number of hydrogen-bond acceptors (Lipinski definition) is 3. The summed E-state index contributed by atoms with van der Waals surface area (Å²) >= 11 is 0. The molecule has 17 heavy (non-hydrogen) atoms. The minimum atomic E-state index is -0.887. The lowest BCUT2D eigenvalue weighted by molar-refractivity contribution is -0.139. The van der Waals surface area contributed by atoms with Crippen LogP contribution in [0.2, 0.25) is 0 Å². The number of carboxylic acids is 1. The third kappa shape index (κ3) is 9.41. The summed E-state index contributed by atoms with van der Waals surface area (Å²) in [6.45, 7) is 7.97. The van der Waals surface area contributed by atoms with E-state index >= 15 is 0 Å². The summed E-state index contributed by atoms with van der Waals surface area (Å²) in [5.41, 5.74) is -0.520. The van der Waals surface area contributed by atoms with Crippen LogP contribution in [-0.2, 0) is 14.3 Å². The number of aliphatic carboxylic acids is 1. The van der Waals surface area contributed by atoms with Gasteiger partial charge in [0.15, 0.2) is 0 Å². The van der Waals surface area contributed by atoms with E-state index in [-0.39, 0.29) is 18.7 Å². The lowest BCUT2D eigenvalue weighted by atomic mass is 9.85. The molecule has 1 amide bonds. The number of rotatable bonds is 9. The predicted octanol–water partition coefficient (Wildman–Crippen LogP) is 1.54. The lowest BCUT2D eigenvalue weighted by Crippen LogP contribution is -2.31. The van der Waals surface area contributed by atoms with Gasteiger partial charge in [0.1, 0.15) is 0 Å². The number of ether oxygens (including phenoxy) is 1. The highest BCUT2D eigenvalue weighted by Gasteiger charge is 2.24. The number of amides is 1. The summed E-state index contributed by atoms with van der Waals surface area (Å²) < 4.78 is 4.90. The van der Waals surface area contributed by atoms with Gasteiger partial charge in [-0.05, 0) is 11.8 Å². The molecule has 0 aromatic carbocycles. The van der Waals surface area contributed by atoms with Gasteiger partial charge in [0.2, 0.25) is 5.91 Å². The van der Waals surface area contributed by atoms with Crippen LogP contribution < -0.4 is 5.32 Å². The maximum absolute atomic E-state index is 11.5. The summed E-state index contributed by atoms with van der Waals surface area (Å²) in [6.07, 6.45) is 2.26. The molecular weight excluding hydrogens is 222 g/mol. The van der Waals surface area contributed by atoms with Gasteiger partial charge in [-0.3, -0.25) is 9.59 Å². The molecule has 0 saturated heterocycles. The van der Waals surface area contributed by atoms with E-state index in [0.29, 0.717) is 19.6 Å². The van der Waals surface area contributed by atoms with E-state index in [0.717, 1.165) is 0 Å². The molecule has 0 aliphatic carbocycles. The molecule has 0 aliphatic rings. The van der Waals surface area contributed by atoms with Gasteiger partial charge >= 0.3 is 5.97 Å². The van der Waals surface area contributed by atoms with Crippen LogP contribution in [0.1, 0.15) is 33.1 Å². The molecule has 5 nitrogen and oxygen atoms in total. The second kappa shape index (κ2) is 7.70. The summed E-state index contributed by atoms with van der Waals surface area (Å²) in [5.74, 6) is -1.02. The standard InChI is InChI=1S/C12H21NO4/c1-4-17-7-5-6-13-10(14)8-12(2,3)9-11(15)16/h4H,1,5-9H2,2-3H3,(H,13,14)(H,15,16). The fourth-order valence-electron chi connectivity index (χ4n) is 1.44. The molecule has 0 aromatic rings. The van der Waals surface area contributed by atoms with Gasteiger partial charge in [-0.15, -0.1) is 0 Å². The first-order valence-electron chi connectivity index (χ1n) is 5.58. The Morgan fingerprint density at radius 3 is 2.59 bits per heavy atom. The molecule has 0 spiro atoms. The normalized spacial score (nSPS) is 10.7. The molecule has 0 fully saturated rings. The number of carbonyl (C=O) groups excluding carboxylic acids is 1. The molecule has 0 atom stereocenters. The highest BCUT2D eigenvalue weighted by molar-refractivity contribution is 5.77. The maximum Gasteiger partial charge on any atom is 0.303 e. The minimum Gasteiger partial charge on any atom is -0.502 e. The number of carboxylic acid groups (broad SMARTS) is 1. The minimum absolute atomic E-state index is 0.0139. The second-order valence-corrected chi connectivity index (χ2v) is 4.65. The molecule has 0 aromatic heterocycles. The van der Waals surface area contributed by atoms with E-state index < -0.39 is 11.4 Å².